The van der Waals surface area contributed by atoms with E-state index in [1.807, 2.05) is 32.9 Å². The number of rotatable bonds is 5. The third-order valence-corrected chi connectivity index (χ3v) is 3.72. The number of hydrogen-bond acceptors (Lipinski definition) is 4. The number of nitrogens with zero attached hydrogens (tertiary/aromatic N) is 2. The summed E-state index contributed by atoms with van der Waals surface area (Å²) < 4.78 is 6.28. The van der Waals surface area contributed by atoms with Gasteiger partial charge in [0.2, 0.25) is 0 Å². The smallest absolute Gasteiger partial charge is 0.331 e. The Balaban J connectivity index is 2.50. The van der Waals surface area contributed by atoms with Crippen molar-refractivity contribution in [2.24, 2.45) is 0 Å². The Hall–Kier alpha value is -2.43. The van der Waals surface area contributed by atoms with Crippen molar-refractivity contribution < 1.29 is 9.53 Å². The molecule has 1 heterocycles. The Kier molecular flexibility index (Phi) is 5.32. The lowest BCUT2D eigenvalue weighted by molar-refractivity contribution is -0.147. The molecular formula is C18H22N2O3. The maximum Gasteiger partial charge on any atom is 0.331 e. The zero-order valence-corrected chi connectivity index (χ0v) is 14.0. The van der Waals surface area contributed by atoms with E-state index in [0.717, 1.165) is 16.7 Å². The van der Waals surface area contributed by atoms with Crippen LogP contribution < -0.4 is 5.56 Å². The molecule has 0 N–H and O–H groups in total. The number of carbonyl (C=O) groups is 1. The molecule has 0 unspecified atom stereocenters. The highest BCUT2D eigenvalue weighted by Gasteiger charge is 2.22. The molecule has 0 saturated carbocycles. The van der Waals surface area contributed by atoms with Crippen LogP contribution in [0, 0.1) is 13.8 Å². The lowest BCUT2D eigenvalue weighted by atomic mass is 10.0. The molecule has 1 aromatic carbocycles. The van der Waals surface area contributed by atoms with Crippen LogP contribution in [0.15, 0.2) is 35.1 Å². The average Bonchev–Trinajstić information content (AvgIpc) is 2.50. The van der Waals surface area contributed by atoms with Gasteiger partial charge in [-0.1, -0.05) is 30.7 Å². The lowest BCUT2D eigenvalue weighted by Gasteiger charge is -2.16. The molecule has 0 aliphatic rings. The first kappa shape index (κ1) is 16.9. The van der Waals surface area contributed by atoms with Crippen LogP contribution in [-0.4, -0.2) is 22.4 Å². The number of hydrogen-bond donors (Lipinski definition) is 0. The van der Waals surface area contributed by atoms with Crippen LogP contribution in [0.5, 0.6) is 0 Å². The SMILES string of the molecule is CCOC(=O)[C@@H](CC)n1nc(-c2ccc(C)cc2C)ccc1=O. The van der Waals surface area contributed by atoms with E-state index >= 15 is 0 Å². The number of aromatic nitrogens is 2. The number of carbonyl (C=O) groups excluding carboxylic acids is 1. The molecule has 0 aliphatic heterocycles. The highest BCUT2D eigenvalue weighted by molar-refractivity contribution is 5.74. The summed E-state index contributed by atoms with van der Waals surface area (Å²) in [5, 5.41) is 4.41. The summed E-state index contributed by atoms with van der Waals surface area (Å²) in [6.07, 6.45) is 0.447. The first-order chi connectivity index (χ1) is 11.0. The fourth-order valence-corrected chi connectivity index (χ4v) is 2.57. The van der Waals surface area contributed by atoms with Gasteiger partial charge in [0.25, 0.3) is 5.56 Å². The molecule has 5 heteroatoms. The molecule has 0 saturated heterocycles. The standard InChI is InChI=1S/C18H22N2O3/c1-5-16(18(22)23-6-2)20-17(21)10-9-15(19-20)14-8-7-12(3)11-13(14)4/h7-11,16H,5-6H2,1-4H3/t16-/m1/s1. The lowest BCUT2D eigenvalue weighted by Crippen LogP contribution is -2.32. The van der Waals surface area contributed by atoms with E-state index < -0.39 is 12.0 Å². The quantitative estimate of drug-likeness (QED) is 0.796. The summed E-state index contributed by atoms with van der Waals surface area (Å²) in [5.41, 5.74) is 3.55. The van der Waals surface area contributed by atoms with Crippen LogP contribution in [0.3, 0.4) is 0 Å². The predicted octanol–water partition coefficient (Wildman–Crippen LogP) is 3.04. The molecule has 0 spiro atoms. The Bertz CT molecular complexity index is 765. The summed E-state index contributed by atoms with van der Waals surface area (Å²) in [6.45, 7) is 7.88. The normalized spacial score (nSPS) is 12.0. The van der Waals surface area contributed by atoms with Crippen LogP contribution >= 0.6 is 0 Å². The third kappa shape index (κ3) is 3.67. The summed E-state index contributed by atoms with van der Waals surface area (Å²) >= 11 is 0. The van der Waals surface area contributed by atoms with Gasteiger partial charge in [-0.15, -0.1) is 0 Å². The van der Waals surface area contributed by atoms with E-state index in [1.54, 1.807) is 13.0 Å². The molecule has 0 amide bonds. The van der Waals surface area contributed by atoms with Gasteiger partial charge in [-0.3, -0.25) is 4.79 Å². The van der Waals surface area contributed by atoms with Gasteiger partial charge in [0.15, 0.2) is 6.04 Å². The fraction of sp³-hybridized carbons (Fsp3) is 0.389. The maximum atomic E-state index is 12.1. The maximum absolute atomic E-state index is 12.1. The molecule has 0 radical (unpaired) electrons. The molecule has 2 aromatic rings. The third-order valence-electron chi connectivity index (χ3n) is 3.72. The molecule has 0 aliphatic carbocycles. The number of esters is 1. The molecule has 1 atom stereocenters. The zero-order valence-electron chi connectivity index (χ0n) is 14.0. The molecule has 23 heavy (non-hydrogen) atoms. The van der Waals surface area contributed by atoms with Crippen molar-refractivity contribution in [2.75, 3.05) is 6.61 Å². The summed E-state index contributed by atoms with van der Waals surface area (Å²) in [4.78, 5) is 24.2. The number of benzene rings is 1. The van der Waals surface area contributed by atoms with Crippen LogP contribution in [-0.2, 0) is 9.53 Å². The van der Waals surface area contributed by atoms with E-state index in [2.05, 4.69) is 11.2 Å². The van der Waals surface area contributed by atoms with Crippen LogP contribution in [0.4, 0.5) is 0 Å². The number of ether oxygens (including phenoxy) is 1. The first-order valence-corrected chi connectivity index (χ1v) is 7.82. The van der Waals surface area contributed by atoms with E-state index in [-0.39, 0.29) is 12.2 Å². The molecule has 122 valence electrons. The number of aryl methyl sites for hydroxylation is 2. The Morgan fingerprint density at radius 2 is 1.96 bits per heavy atom. The van der Waals surface area contributed by atoms with E-state index in [9.17, 15) is 9.59 Å². The molecule has 0 fully saturated rings. The summed E-state index contributed by atoms with van der Waals surface area (Å²) in [7, 11) is 0. The second kappa shape index (κ2) is 7.22. The highest BCUT2D eigenvalue weighted by Crippen LogP contribution is 2.22. The van der Waals surface area contributed by atoms with Crippen molar-refractivity contribution in [2.45, 2.75) is 40.2 Å². The van der Waals surface area contributed by atoms with E-state index in [0.29, 0.717) is 12.1 Å². The van der Waals surface area contributed by atoms with Gasteiger partial charge < -0.3 is 4.74 Å². The molecule has 0 bridgehead atoms. The Morgan fingerprint density at radius 3 is 2.57 bits per heavy atom. The minimum Gasteiger partial charge on any atom is -0.464 e. The van der Waals surface area contributed by atoms with Gasteiger partial charge in [0.1, 0.15) is 0 Å². The predicted molar refractivity (Wildman–Crippen MR) is 89.4 cm³/mol. The topological polar surface area (TPSA) is 61.2 Å². The fourth-order valence-electron chi connectivity index (χ4n) is 2.57. The van der Waals surface area contributed by atoms with Crippen molar-refractivity contribution >= 4 is 5.97 Å². The zero-order chi connectivity index (χ0) is 17.0. The van der Waals surface area contributed by atoms with Gasteiger partial charge in [-0.2, -0.15) is 5.10 Å². The molecule has 5 nitrogen and oxygen atoms in total. The van der Waals surface area contributed by atoms with Crippen molar-refractivity contribution in [3.63, 3.8) is 0 Å². The molecule has 1 aromatic heterocycles. The molecule has 2 rings (SSSR count). The highest BCUT2D eigenvalue weighted by atomic mass is 16.5. The monoisotopic (exact) mass is 314 g/mol. The van der Waals surface area contributed by atoms with Crippen molar-refractivity contribution in [3.8, 4) is 11.3 Å². The average molecular weight is 314 g/mol. The van der Waals surface area contributed by atoms with E-state index in [1.165, 1.54) is 10.7 Å². The van der Waals surface area contributed by atoms with Crippen molar-refractivity contribution in [1.29, 1.82) is 0 Å². The molecular weight excluding hydrogens is 292 g/mol. The Labute approximate surface area is 135 Å². The summed E-state index contributed by atoms with van der Waals surface area (Å²) in [5.74, 6) is -0.428. The van der Waals surface area contributed by atoms with Gasteiger partial charge in [0, 0.05) is 11.6 Å². The van der Waals surface area contributed by atoms with Crippen LogP contribution in [0.2, 0.25) is 0 Å². The van der Waals surface area contributed by atoms with Crippen molar-refractivity contribution in [3.05, 3.63) is 51.8 Å². The van der Waals surface area contributed by atoms with Crippen LogP contribution in [0.25, 0.3) is 11.3 Å². The Morgan fingerprint density at radius 1 is 1.22 bits per heavy atom. The van der Waals surface area contributed by atoms with E-state index in [4.69, 9.17) is 4.74 Å². The van der Waals surface area contributed by atoms with Gasteiger partial charge >= 0.3 is 5.97 Å². The van der Waals surface area contributed by atoms with Gasteiger partial charge in [0.05, 0.1) is 12.3 Å². The largest absolute Gasteiger partial charge is 0.464 e. The first-order valence-electron chi connectivity index (χ1n) is 7.82. The van der Waals surface area contributed by atoms with Crippen molar-refractivity contribution in [1.82, 2.24) is 9.78 Å². The van der Waals surface area contributed by atoms with Crippen LogP contribution in [0.1, 0.15) is 37.4 Å². The minimum absolute atomic E-state index is 0.279. The van der Waals surface area contributed by atoms with Gasteiger partial charge in [-0.25, -0.2) is 9.48 Å². The second-order valence-corrected chi connectivity index (χ2v) is 5.50. The van der Waals surface area contributed by atoms with Gasteiger partial charge in [-0.05, 0) is 38.8 Å². The second-order valence-electron chi connectivity index (χ2n) is 5.50. The summed E-state index contributed by atoms with van der Waals surface area (Å²) in [6, 6.07) is 8.48. The minimum atomic E-state index is -0.701.